The van der Waals surface area contributed by atoms with Crippen LogP contribution < -0.4 is 10.6 Å². The average Bonchev–Trinajstić information content (AvgIpc) is 2.45. The maximum atomic E-state index is 13.5. The van der Waals surface area contributed by atoms with Crippen molar-refractivity contribution >= 4 is 5.91 Å². The Kier molecular flexibility index (Phi) is 5.06. The molecule has 5 heteroatoms. The van der Waals surface area contributed by atoms with Crippen LogP contribution in [0.3, 0.4) is 0 Å². The summed E-state index contributed by atoms with van der Waals surface area (Å²) in [5.74, 6) is -2.09. The van der Waals surface area contributed by atoms with Gasteiger partial charge < -0.3 is 10.6 Å². The maximum Gasteiger partial charge on any atom is 0.224 e. The monoisotopic (exact) mass is 282 g/mol. The Labute approximate surface area is 117 Å². The van der Waals surface area contributed by atoms with Crippen LogP contribution in [0.1, 0.15) is 31.2 Å². The van der Waals surface area contributed by atoms with Crippen LogP contribution in [0.25, 0.3) is 0 Å². The van der Waals surface area contributed by atoms with Crippen molar-refractivity contribution in [3.8, 4) is 0 Å². The Bertz CT molecular complexity index is 471. The summed E-state index contributed by atoms with van der Waals surface area (Å²) in [5.41, 5.74) is 0.103. The molecule has 2 rings (SSSR count). The SMILES string of the molecule is CNC1CCC(NC(=O)Cc2cccc(F)c2F)CC1. The number of amides is 1. The molecular weight excluding hydrogens is 262 g/mol. The highest BCUT2D eigenvalue weighted by Crippen LogP contribution is 2.18. The molecule has 0 unspecified atom stereocenters. The number of rotatable bonds is 4. The fourth-order valence-electron chi connectivity index (χ4n) is 2.66. The minimum Gasteiger partial charge on any atom is -0.353 e. The second kappa shape index (κ2) is 6.79. The largest absolute Gasteiger partial charge is 0.353 e. The molecule has 0 saturated heterocycles. The summed E-state index contributed by atoms with van der Waals surface area (Å²) in [7, 11) is 1.94. The molecule has 1 aliphatic carbocycles. The lowest BCUT2D eigenvalue weighted by atomic mass is 9.91. The van der Waals surface area contributed by atoms with E-state index < -0.39 is 11.6 Å². The van der Waals surface area contributed by atoms with Gasteiger partial charge in [-0.15, -0.1) is 0 Å². The van der Waals surface area contributed by atoms with Crippen LogP contribution in [0.2, 0.25) is 0 Å². The number of hydrogen-bond acceptors (Lipinski definition) is 2. The molecule has 0 atom stereocenters. The summed E-state index contributed by atoms with van der Waals surface area (Å²) in [4.78, 5) is 11.9. The Hall–Kier alpha value is -1.49. The minimum absolute atomic E-state index is 0.103. The number of carbonyl (C=O) groups is 1. The van der Waals surface area contributed by atoms with Gasteiger partial charge in [-0.25, -0.2) is 8.78 Å². The van der Waals surface area contributed by atoms with Crippen molar-refractivity contribution in [2.75, 3.05) is 7.05 Å². The lowest BCUT2D eigenvalue weighted by Gasteiger charge is -2.28. The normalized spacial score (nSPS) is 22.6. The van der Waals surface area contributed by atoms with Crippen molar-refractivity contribution in [1.82, 2.24) is 10.6 Å². The fourth-order valence-corrected chi connectivity index (χ4v) is 2.66. The molecule has 1 saturated carbocycles. The van der Waals surface area contributed by atoms with E-state index in [2.05, 4.69) is 10.6 Å². The predicted molar refractivity (Wildman–Crippen MR) is 73.3 cm³/mol. The third-order valence-corrected chi connectivity index (χ3v) is 3.88. The standard InChI is InChI=1S/C15H20F2N2O/c1-18-11-5-7-12(8-6-11)19-14(20)9-10-3-2-4-13(16)15(10)17/h2-4,11-12,18H,5-9H2,1H3,(H,19,20). The summed E-state index contributed by atoms with van der Waals surface area (Å²) in [6.45, 7) is 0. The smallest absolute Gasteiger partial charge is 0.224 e. The summed E-state index contributed by atoms with van der Waals surface area (Å²) in [6.07, 6.45) is 3.77. The van der Waals surface area contributed by atoms with E-state index >= 15 is 0 Å². The summed E-state index contributed by atoms with van der Waals surface area (Å²) >= 11 is 0. The number of benzene rings is 1. The first kappa shape index (κ1) is 14.9. The van der Waals surface area contributed by atoms with Crippen LogP contribution >= 0.6 is 0 Å². The Morgan fingerprint density at radius 3 is 2.50 bits per heavy atom. The molecule has 0 bridgehead atoms. The van der Waals surface area contributed by atoms with E-state index in [4.69, 9.17) is 0 Å². The first-order valence-corrected chi connectivity index (χ1v) is 6.99. The predicted octanol–water partition coefficient (Wildman–Crippen LogP) is 2.15. The molecule has 1 aliphatic rings. The lowest BCUT2D eigenvalue weighted by Crippen LogP contribution is -2.41. The van der Waals surface area contributed by atoms with Gasteiger partial charge in [0.1, 0.15) is 0 Å². The van der Waals surface area contributed by atoms with E-state index in [1.165, 1.54) is 12.1 Å². The van der Waals surface area contributed by atoms with E-state index in [1.807, 2.05) is 7.05 Å². The maximum absolute atomic E-state index is 13.5. The highest BCUT2D eigenvalue weighted by atomic mass is 19.2. The molecule has 2 N–H and O–H groups in total. The first-order valence-electron chi connectivity index (χ1n) is 6.99. The highest BCUT2D eigenvalue weighted by molar-refractivity contribution is 5.78. The van der Waals surface area contributed by atoms with Crippen molar-refractivity contribution < 1.29 is 13.6 Å². The molecule has 0 radical (unpaired) electrons. The third kappa shape index (κ3) is 3.76. The van der Waals surface area contributed by atoms with Gasteiger partial charge in [0.15, 0.2) is 11.6 Å². The van der Waals surface area contributed by atoms with E-state index in [9.17, 15) is 13.6 Å². The molecule has 1 aromatic rings. The van der Waals surface area contributed by atoms with Gasteiger partial charge in [0, 0.05) is 17.6 Å². The molecule has 1 amide bonds. The van der Waals surface area contributed by atoms with Gasteiger partial charge in [0.05, 0.1) is 6.42 Å². The molecule has 3 nitrogen and oxygen atoms in total. The zero-order chi connectivity index (χ0) is 14.5. The number of halogens is 2. The van der Waals surface area contributed by atoms with Gasteiger partial charge in [0.2, 0.25) is 5.91 Å². The van der Waals surface area contributed by atoms with Gasteiger partial charge in [-0.05, 0) is 38.8 Å². The zero-order valence-corrected chi connectivity index (χ0v) is 11.6. The lowest BCUT2D eigenvalue weighted by molar-refractivity contribution is -0.121. The summed E-state index contributed by atoms with van der Waals surface area (Å²) in [6, 6.07) is 4.57. The summed E-state index contributed by atoms with van der Waals surface area (Å²) in [5, 5.41) is 6.13. The van der Waals surface area contributed by atoms with Gasteiger partial charge >= 0.3 is 0 Å². The fraction of sp³-hybridized carbons (Fsp3) is 0.533. The molecule has 0 aliphatic heterocycles. The topological polar surface area (TPSA) is 41.1 Å². The van der Waals surface area contributed by atoms with E-state index in [-0.39, 0.29) is 23.9 Å². The quantitative estimate of drug-likeness (QED) is 0.888. The molecular formula is C15H20F2N2O. The van der Waals surface area contributed by atoms with E-state index in [1.54, 1.807) is 0 Å². The van der Waals surface area contributed by atoms with Gasteiger partial charge in [-0.2, -0.15) is 0 Å². The van der Waals surface area contributed by atoms with Gasteiger partial charge in [-0.3, -0.25) is 4.79 Å². The van der Waals surface area contributed by atoms with Crippen molar-refractivity contribution in [3.05, 3.63) is 35.4 Å². The van der Waals surface area contributed by atoms with Crippen LogP contribution in [0, 0.1) is 11.6 Å². The van der Waals surface area contributed by atoms with Crippen LogP contribution in [0.5, 0.6) is 0 Å². The van der Waals surface area contributed by atoms with Gasteiger partial charge in [-0.1, -0.05) is 12.1 Å². The first-order chi connectivity index (χ1) is 9.60. The zero-order valence-electron chi connectivity index (χ0n) is 11.6. The van der Waals surface area contributed by atoms with Crippen LogP contribution in [0.15, 0.2) is 18.2 Å². The van der Waals surface area contributed by atoms with Crippen molar-refractivity contribution in [3.63, 3.8) is 0 Å². The second-order valence-corrected chi connectivity index (χ2v) is 5.29. The average molecular weight is 282 g/mol. The minimum atomic E-state index is -0.929. The Morgan fingerprint density at radius 1 is 1.20 bits per heavy atom. The Morgan fingerprint density at radius 2 is 1.85 bits per heavy atom. The second-order valence-electron chi connectivity index (χ2n) is 5.29. The number of nitrogens with one attached hydrogen (secondary N) is 2. The molecule has 1 fully saturated rings. The van der Waals surface area contributed by atoms with Gasteiger partial charge in [0.25, 0.3) is 0 Å². The van der Waals surface area contributed by atoms with Crippen LogP contribution in [-0.4, -0.2) is 25.0 Å². The van der Waals surface area contributed by atoms with E-state index in [0.29, 0.717) is 6.04 Å². The van der Waals surface area contributed by atoms with Crippen molar-refractivity contribution in [2.45, 2.75) is 44.2 Å². The Balaban J connectivity index is 1.85. The summed E-state index contributed by atoms with van der Waals surface area (Å²) < 4.78 is 26.5. The molecule has 0 aromatic heterocycles. The molecule has 110 valence electrons. The van der Waals surface area contributed by atoms with Crippen LogP contribution in [0.4, 0.5) is 8.78 Å². The van der Waals surface area contributed by atoms with Crippen molar-refractivity contribution in [2.24, 2.45) is 0 Å². The third-order valence-electron chi connectivity index (χ3n) is 3.88. The molecule has 0 heterocycles. The molecule has 1 aromatic carbocycles. The molecule has 20 heavy (non-hydrogen) atoms. The molecule has 0 spiro atoms. The number of hydrogen-bond donors (Lipinski definition) is 2. The highest BCUT2D eigenvalue weighted by Gasteiger charge is 2.21. The van der Waals surface area contributed by atoms with Crippen molar-refractivity contribution in [1.29, 1.82) is 0 Å². The van der Waals surface area contributed by atoms with E-state index in [0.717, 1.165) is 31.7 Å². The number of carbonyl (C=O) groups excluding carboxylic acids is 1. The van der Waals surface area contributed by atoms with Crippen LogP contribution in [-0.2, 0) is 11.2 Å².